The number of carbonyl (C=O) groups excluding carboxylic acids is 2. The molecule has 0 radical (unpaired) electrons. The smallest absolute Gasteiger partial charge is 0.434 e. The minimum Gasteiger partial charge on any atom is -0.462 e. The van der Waals surface area contributed by atoms with E-state index in [1.165, 1.54) is 13.8 Å². The fourth-order valence-electron chi connectivity index (χ4n) is 3.09. The molecule has 2 rings (SSSR count). The van der Waals surface area contributed by atoms with Gasteiger partial charge in [0.1, 0.15) is 0 Å². The van der Waals surface area contributed by atoms with Crippen molar-refractivity contribution in [3.05, 3.63) is 52.4 Å². The first-order valence-electron chi connectivity index (χ1n) is 9.88. The number of carbonyl (C=O) groups is 2. The van der Waals surface area contributed by atoms with Crippen LogP contribution in [0.3, 0.4) is 0 Å². The Balaban J connectivity index is 2.74. The zero-order valence-electron chi connectivity index (χ0n) is 17.7. The molecule has 0 fully saturated rings. The summed E-state index contributed by atoms with van der Waals surface area (Å²) in [4.78, 5) is 27.5. The highest BCUT2D eigenvalue weighted by atomic mass is 19.4. The van der Waals surface area contributed by atoms with Gasteiger partial charge in [0.05, 0.1) is 37.6 Å². The van der Waals surface area contributed by atoms with E-state index in [0.717, 1.165) is 0 Å². The van der Waals surface area contributed by atoms with Crippen LogP contribution in [0, 0.1) is 5.92 Å². The predicted molar refractivity (Wildman–Crippen MR) is 102 cm³/mol. The van der Waals surface area contributed by atoms with E-state index in [0.29, 0.717) is 6.42 Å². The van der Waals surface area contributed by atoms with Crippen LogP contribution >= 0.6 is 0 Å². The average Bonchev–Trinajstić information content (AvgIpc) is 2.72. The van der Waals surface area contributed by atoms with Gasteiger partial charge in [-0.05, 0) is 20.3 Å². The van der Waals surface area contributed by atoms with E-state index < -0.39 is 59.0 Å². The number of esters is 2. The van der Waals surface area contributed by atoms with Crippen molar-refractivity contribution in [1.29, 1.82) is 0 Å². The maximum atomic E-state index is 13.7. The van der Waals surface area contributed by atoms with Crippen LogP contribution in [0.2, 0.25) is 0 Å². The summed E-state index contributed by atoms with van der Waals surface area (Å²) in [7, 11) is 0. The first kappa shape index (κ1) is 26.4. The van der Waals surface area contributed by atoms with Crippen LogP contribution in [0.1, 0.15) is 57.9 Å². The number of hydrogen-bond donors (Lipinski definition) is 0. The van der Waals surface area contributed by atoms with Gasteiger partial charge in [-0.3, -0.25) is 0 Å². The van der Waals surface area contributed by atoms with Crippen LogP contribution in [0.15, 0.2) is 24.3 Å². The third kappa shape index (κ3) is 6.56. The summed E-state index contributed by atoms with van der Waals surface area (Å²) >= 11 is 0. The molecule has 0 amide bonds. The normalized spacial score (nSPS) is 14.4. The second kappa shape index (κ2) is 10.8. The van der Waals surface area contributed by atoms with Gasteiger partial charge in [0, 0.05) is 11.5 Å². The molecule has 33 heavy (non-hydrogen) atoms. The van der Waals surface area contributed by atoms with Gasteiger partial charge in [-0.1, -0.05) is 24.3 Å². The minimum absolute atomic E-state index is 0.122. The number of allylic oxidation sites excluding steroid dienone is 2. The highest BCUT2D eigenvalue weighted by Crippen LogP contribution is 2.40. The molecule has 1 aliphatic carbocycles. The number of ether oxygens (including phenoxy) is 3. The molecule has 0 aliphatic heterocycles. The minimum atomic E-state index is -5.46. The van der Waals surface area contributed by atoms with E-state index in [1.54, 1.807) is 24.3 Å². The summed E-state index contributed by atoms with van der Waals surface area (Å²) in [6, 6.07) is 0. The van der Waals surface area contributed by atoms with Crippen molar-refractivity contribution in [2.24, 2.45) is 5.92 Å². The van der Waals surface area contributed by atoms with Crippen molar-refractivity contribution in [1.82, 2.24) is 4.98 Å². The van der Waals surface area contributed by atoms with Crippen LogP contribution in [-0.2, 0) is 33.2 Å². The van der Waals surface area contributed by atoms with Crippen molar-refractivity contribution in [2.45, 2.75) is 39.2 Å². The van der Waals surface area contributed by atoms with E-state index in [-0.39, 0.29) is 25.7 Å². The Morgan fingerprint density at radius 2 is 1.36 bits per heavy atom. The van der Waals surface area contributed by atoms with Crippen LogP contribution < -0.4 is 0 Å². The number of hydrogen-bond acceptors (Lipinski definition) is 6. The molecule has 0 saturated heterocycles. The number of alkyl halides is 6. The molecule has 0 atom stereocenters. The Morgan fingerprint density at radius 3 is 1.76 bits per heavy atom. The number of pyridine rings is 1. The molecular weight excluding hydrogens is 460 g/mol. The van der Waals surface area contributed by atoms with Crippen molar-refractivity contribution in [3.63, 3.8) is 0 Å². The summed E-state index contributed by atoms with van der Waals surface area (Å²) in [5.41, 5.74) is -7.86. The first-order chi connectivity index (χ1) is 15.4. The molecule has 1 aliphatic rings. The predicted octanol–water partition coefficient (Wildman–Crippen LogP) is 5.12. The van der Waals surface area contributed by atoms with Gasteiger partial charge in [0.2, 0.25) is 0 Å². The van der Waals surface area contributed by atoms with Gasteiger partial charge in [-0.2, -0.15) is 26.3 Å². The quantitative estimate of drug-likeness (QED) is 0.292. The highest BCUT2D eigenvalue weighted by molar-refractivity contribution is 5.99. The van der Waals surface area contributed by atoms with Gasteiger partial charge in [-0.15, -0.1) is 0 Å². The lowest BCUT2D eigenvalue weighted by atomic mass is 9.97. The Bertz CT molecular complexity index is 870. The summed E-state index contributed by atoms with van der Waals surface area (Å²) in [6.45, 7) is 0.811. The Kier molecular flexibility index (Phi) is 8.64. The average molecular weight is 481 g/mol. The summed E-state index contributed by atoms with van der Waals surface area (Å²) in [5, 5.41) is 0. The topological polar surface area (TPSA) is 74.7 Å². The van der Waals surface area contributed by atoms with Gasteiger partial charge in [0.15, 0.2) is 11.4 Å². The molecule has 1 aromatic heterocycles. The fourth-order valence-corrected chi connectivity index (χ4v) is 3.09. The third-order valence-electron chi connectivity index (χ3n) is 4.39. The van der Waals surface area contributed by atoms with Crippen molar-refractivity contribution in [2.75, 3.05) is 19.8 Å². The molecule has 0 N–H and O–H groups in total. The summed E-state index contributed by atoms with van der Waals surface area (Å²) in [5.74, 6) is -3.47. The molecule has 6 nitrogen and oxygen atoms in total. The maximum absolute atomic E-state index is 13.7. The lowest BCUT2D eigenvalue weighted by Crippen LogP contribution is -2.28. The molecule has 12 heteroatoms. The van der Waals surface area contributed by atoms with Crippen molar-refractivity contribution in [3.8, 4) is 0 Å². The second-order valence-electron chi connectivity index (χ2n) is 6.75. The molecule has 0 unspecified atom stereocenters. The van der Waals surface area contributed by atoms with Gasteiger partial charge in [-0.25, -0.2) is 14.6 Å². The van der Waals surface area contributed by atoms with Crippen LogP contribution in [0.4, 0.5) is 26.3 Å². The summed E-state index contributed by atoms with van der Waals surface area (Å²) in [6.07, 6.45) is -3.15. The number of aromatic nitrogens is 1. The molecule has 0 bridgehead atoms. The Morgan fingerprint density at radius 1 is 0.909 bits per heavy atom. The standard InChI is InChI=1S/C21H21F6NO5/c1-3-32-18(29)14-13(11-31-10-12-8-6-5-7-9-12)15(19(30)33-4-2)17(21(25,26)27)28-16(14)20(22,23)24/h6-9,12H,3-5,10-11H2,1-2H3. The fraction of sp³-hybridized carbons (Fsp3) is 0.476. The molecule has 1 aromatic rings. The maximum Gasteiger partial charge on any atom is 0.434 e. The molecule has 182 valence electrons. The largest absolute Gasteiger partial charge is 0.462 e. The molecule has 0 spiro atoms. The van der Waals surface area contributed by atoms with E-state index in [4.69, 9.17) is 4.74 Å². The SMILES string of the molecule is CCOC(=O)c1c(C(F)(F)F)nc(C(F)(F)F)c(C(=O)OCC)c1COCC1C=CCC=C1. The molecule has 0 saturated carbocycles. The lowest BCUT2D eigenvalue weighted by Gasteiger charge is -2.22. The van der Waals surface area contributed by atoms with E-state index in [1.807, 2.05) is 0 Å². The Labute approximate surface area is 185 Å². The van der Waals surface area contributed by atoms with Crippen LogP contribution in [0.25, 0.3) is 0 Å². The van der Waals surface area contributed by atoms with Crippen LogP contribution in [-0.4, -0.2) is 36.7 Å². The van der Waals surface area contributed by atoms with E-state index in [2.05, 4.69) is 14.5 Å². The third-order valence-corrected chi connectivity index (χ3v) is 4.39. The molecule has 0 aromatic carbocycles. The highest BCUT2D eigenvalue weighted by Gasteiger charge is 2.47. The van der Waals surface area contributed by atoms with Crippen molar-refractivity contribution < 1.29 is 50.1 Å². The number of nitrogens with zero attached hydrogens (tertiary/aromatic N) is 1. The summed E-state index contributed by atoms with van der Waals surface area (Å²) < 4.78 is 96.7. The van der Waals surface area contributed by atoms with Gasteiger partial charge in [0.25, 0.3) is 0 Å². The first-order valence-corrected chi connectivity index (χ1v) is 9.88. The van der Waals surface area contributed by atoms with Crippen molar-refractivity contribution >= 4 is 11.9 Å². The Hall–Kier alpha value is -2.89. The lowest BCUT2D eigenvalue weighted by molar-refractivity contribution is -0.151. The van der Waals surface area contributed by atoms with E-state index >= 15 is 0 Å². The zero-order chi connectivity index (χ0) is 24.8. The molecular formula is C21H21F6NO5. The number of halogens is 6. The van der Waals surface area contributed by atoms with E-state index in [9.17, 15) is 35.9 Å². The van der Waals surface area contributed by atoms with Gasteiger partial charge < -0.3 is 14.2 Å². The molecule has 1 heterocycles. The van der Waals surface area contributed by atoms with Gasteiger partial charge >= 0.3 is 24.3 Å². The zero-order valence-corrected chi connectivity index (χ0v) is 17.7. The second-order valence-corrected chi connectivity index (χ2v) is 6.75. The van der Waals surface area contributed by atoms with Crippen LogP contribution in [0.5, 0.6) is 0 Å². The number of rotatable bonds is 8. The monoisotopic (exact) mass is 481 g/mol.